The van der Waals surface area contributed by atoms with Crippen LogP contribution >= 0.6 is 11.6 Å². The minimum atomic E-state index is -0.477. The smallest absolute Gasteiger partial charge is 0.0845 e. The second kappa shape index (κ2) is 7.14. The Hall–Kier alpha value is -0.990. The first-order chi connectivity index (χ1) is 9.67. The molecule has 0 spiro atoms. The number of nitrogens with zero attached hydrogens (tertiary/aromatic N) is 1. The number of halogens is 1. The van der Waals surface area contributed by atoms with E-state index in [1.54, 1.807) is 0 Å². The van der Waals surface area contributed by atoms with E-state index in [1.807, 2.05) is 25.3 Å². The van der Waals surface area contributed by atoms with Gasteiger partial charge in [0.2, 0.25) is 0 Å². The molecular formula is C17H24ClNO. The van der Waals surface area contributed by atoms with Gasteiger partial charge in [-0.2, -0.15) is 0 Å². The highest BCUT2D eigenvalue weighted by Crippen LogP contribution is 2.32. The molecule has 2 aliphatic rings. The van der Waals surface area contributed by atoms with E-state index in [1.165, 1.54) is 32.1 Å². The van der Waals surface area contributed by atoms with Gasteiger partial charge in [-0.1, -0.05) is 49.6 Å². The van der Waals surface area contributed by atoms with Crippen LogP contribution in [0.1, 0.15) is 45.4 Å². The fourth-order valence-electron chi connectivity index (χ4n) is 3.17. The van der Waals surface area contributed by atoms with Crippen molar-refractivity contribution in [3.63, 3.8) is 0 Å². The Kier molecular flexibility index (Phi) is 5.50. The molecule has 1 atom stereocenters. The molecule has 0 amide bonds. The molecule has 0 aromatic carbocycles. The van der Waals surface area contributed by atoms with Crippen LogP contribution in [0.5, 0.6) is 0 Å². The Bertz CT molecular complexity index is 444. The summed E-state index contributed by atoms with van der Waals surface area (Å²) >= 11 is 6.11. The molecule has 3 heteroatoms. The second-order valence-corrected chi connectivity index (χ2v) is 5.93. The van der Waals surface area contributed by atoms with Gasteiger partial charge < -0.3 is 10.0 Å². The monoisotopic (exact) mass is 293 g/mol. The molecule has 0 saturated heterocycles. The van der Waals surface area contributed by atoms with Gasteiger partial charge in [0.25, 0.3) is 0 Å². The van der Waals surface area contributed by atoms with Crippen molar-refractivity contribution in [3.8, 4) is 0 Å². The number of rotatable bonds is 4. The summed E-state index contributed by atoms with van der Waals surface area (Å²) in [6.07, 6.45) is 14.0. The Morgan fingerprint density at radius 1 is 1.40 bits per heavy atom. The second-order valence-electron chi connectivity index (χ2n) is 5.50. The van der Waals surface area contributed by atoms with Crippen LogP contribution in [0.3, 0.4) is 0 Å². The number of hydrogen-bond acceptors (Lipinski definition) is 2. The largest absolute Gasteiger partial charge is 0.388 e. The van der Waals surface area contributed by atoms with Crippen molar-refractivity contribution in [2.45, 2.75) is 57.6 Å². The lowest BCUT2D eigenvalue weighted by atomic mass is 9.91. The molecule has 0 aromatic rings. The third-order valence-electron chi connectivity index (χ3n) is 4.20. The van der Waals surface area contributed by atoms with Crippen molar-refractivity contribution in [2.75, 3.05) is 0 Å². The summed E-state index contributed by atoms with van der Waals surface area (Å²) < 4.78 is 0. The van der Waals surface area contributed by atoms with Crippen LogP contribution in [0.4, 0.5) is 0 Å². The summed E-state index contributed by atoms with van der Waals surface area (Å²) in [6, 6.07) is 0.491. The number of aliphatic hydroxyl groups excluding tert-OH is 1. The van der Waals surface area contributed by atoms with Gasteiger partial charge in [0.1, 0.15) is 0 Å². The quantitative estimate of drug-likeness (QED) is 0.826. The molecule has 1 N–H and O–H groups in total. The minimum Gasteiger partial charge on any atom is -0.388 e. The van der Waals surface area contributed by atoms with Crippen LogP contribution in [0.25, 0.3) is 0 Å². The van der Waals surface area contributed by atoms with Crippen LogP contribution in [-0.4, -0.2) is 22.2 Å². The zero-order chi connectivity index (χ0) is 14.5. The summed E-state index contributed by atoms with van der Waals surface area (Å²) in [5.74, 6) is 0. The van der Waals surface area contributed by atoms with Crippen LogP contribution in [-0.2, 0) is 0 Å². The molecule has 110 valence electrons. The molecule has 0 radical (unpaired) electrons. The zero-order valence-corrected chi connectivity index (χ0v) is 12.9. The lowest BCUT2D eigenvalue weighted by Crippen LogP contribution is -2.34. The fraction of sp³-hybridized carbons (Fsp3) is 0.529. The molecule has 1 saturated carbocycles. The molecule has 1 unspecified atom stereocenters. The van der Waals surface area contributed by atoms with E-state index in [0.29, 0.717) is 17.5 Å². The van der Waals surface area contributed by atoms with E-state index < -0.39 is 6.10 Å². The van der Waals surface area contributed by atoms with Crippen LogP contribution in [0.2, 0.25) is 0 Å². The summed E-state index contributed by atoms with van der Waals surface area (Å²) in [5.41, 5.74) is 1.95. The van der Waals surface area contributed by atoms with Gasteiger partial charge in [0.05, 0.1) is 6.10 Å². The third-order valence-corrected chi connectivity index (χ3v) is 4.46. The standard InChI is InChI=1S/C17H24ClNO/c1-3-16(15-12-13(18)10-11-17(15)20)19(4-2)14-8-6-5-7-9-14/h3-4,10,12,14,17,20H,2,5-9,11H2,1H3/b16-3-. The highest BCUT2D eigenvalue weighted by Gasteiger charge is 2.26. The van der Waals surface area contributed by atoms with Crippen molar-refractivity contribution in [2.24, 2.45) is 0 Å². The van der Waals surface area contributed by atoms with E-state index in [4.69, 9.17) is 11.6 Å². The first-order valence-electron chi connectivity index (χ1n) is 7.50. The summed E-state index contributed by atoms with van der Waals surface area (Å²) in [6.45, 7) is 5.98. The van der Waals surface area contributed by atoms with E-state index in [2.05, 4.69) is 17.6 Å². The Morgan fingerprint density at radius 2 is 2.10 bits per heavy atom. The van der Waals surface area contributed by atoms with Crippen molar-refractivity contribution in [1.29, 1.82) is 0 Å². The Labute approximate surface area is 127 Å². The average Bonchev–Trinajstić information content (AvgIpc) is 2.48. The molecular weight excluding hydrogens is 270 g/mol. The average molecular weight is 294 g/mol. The highest BCUT2D eigenvalue weighted by molar-refractivity contribution is 6.31. The number of hydrogen-bond donors (Lipinski definition) is 1. The first-order valence-corrected chi connectivity index (χ1v) is 7.88. The molecule has 1 fully saturated rings. The van der Waals surface area contributed by atoms with E-state index >= 15 is 0 Å². The topological polar surface area (TPSA) is 23.5 Å². The first kappa shape index (κ1) is 15.4. The van der Waals surface area contributed by atoms with Crippen molar-refractivity contribution in [1.82, 2.24) is 4.90 Å². The molecule has 2 aliphatic carbocycles. The van der Waals surface area contributed by atoms with Gasteiger partial charge >= 0.3 is 0 Å². The fourth-order valence-corrected chi connectivity index (χ4v) is 3.37. The number of aliphatic hydroxyl groups is 1. The van der Waals surface area contributed by atoms with E-state index in [0.717, 1.165) is 11.3 Å². The normalized spacial score (nSPS) is 24.9. The third kappa shape index (κ3) is 3.36. The Morgan fingerprint density at radius 3 is 2.70 bits per heavy atom. The van der Waals surface area contributed by atoms with Crippen molar-refractivity contribution >= 4 is 11.6 Å². The summed E-state index contributed by atoms with van der Waals surface area (Å²) in [7, 11) is 0. The maximum Gasteiger partial charge on any atom is 0.0845 e. The van der Waals surface area contributed by atoms with Gasteiger partial charge in [-0.25, -0.2) is 0 Å². The molecule has 20 heavy (non-hydrogen) atoms. The van der Waals surface area contributed by atoms with Crippen molar-refractivity contribution in [3.05, 3.63) is 47.3 Å². The van der Waals surface area contributed by atoms with Gasteiger partial charge in [-0.3, -0.25) is 0 Å². The SMILES string of the molecule is C=CN(/C(=C\C)C1=CC(Cl)=CCC1O)C1CCCCC1. The maximum absolute atomic E-state index is 10.3. The lowest BCUT2D eigenvalue weighted by Gasteiger charge is -2.37. The highest BCUT2D eigenvalue weighted by atomic mass is 35.5. The molecule has 0 aliphatic heterocycles. The van der Waals surface area contributed by atoms with Crippen molar-refractivity contribution < 1.29 is 5.11 Å². The molecule has 2 nitrogen and oxygen atoms in total. The predicted molar refractivity (Wildman–Crippen MR) is 85.3 cm³/mol. The van der Waals surface area contributed by atoms with E-state index in [-0.39, 0.29) is 0 Å². The Balaban J connectivity index is 2.25. The summed E-state index contributed by atoms with van der Waals surface area (Å²) in [5, 5.41) is 11.0. The molecule has 2 rings (SSSR count). The van der Waals surface area contributed by atoms with Crippen LogP contribution < -0.4 is 0 Å². The maximum atomic E-state index is 10.3. The lowest BCUT2D eigenvalue weighted by molar-refractivity contribution is 0.200. The number of allylic oxidation sites excluding steroid dienone is 3. The zero-order valence-electron chi connectivity index (χ0n) is 12.2. The summed E-state index contributed by atoms with van der Waals surface area (Å²) in [4.78, 5) is 2.23. The van der Waals surface area contributed by atoms with E-state index in [9.17, 15) is 5.11 Å². The predicted octanol–water partition coefficient (Wildman–Crippen LogP) is 4.48. The van der Waals surface area contributed by atoms with Gasteiger partial charge in [0.15, 0.2) is 0 Å². The minimum absolute atomic E-state index is 0.477. The molecule has 0 bridgehead atoms. The van der Waals surface area contributed by atoms with Crippen LogP contribution in [0, 0.1) is 0 Å². The van der Waals surface area contributed by atoms with Gasteiger partial charge in [-0.05, 0) is 38.5 Å². The van der Waals surface area contributed by atoms with Gasteiger partial charge in [-0.15, -0.1) is 0 Å². The van der Waals surface area contributed by atoms with Crippen LogP contribution in [0.15, 0.2) is 47.3 Å². The molecule has 0 aromatic heterocycles. The van der Waals surface area contributed by atoms with Gasteiger partial charge in [0, 0.05) is 22.3 Å². The molecule has 0 heterocycles.